The third-order valence-electron chi connectivity index (χ3n) is 2.33. The predicted octanol–water partition coefficient (Wildman–Crippen LogP) is 1.74. The van der Waals surface area contributed by atoms with Crippen LogP contribution < -0.4 is 0 Å². The Labute approximate surface area is 83.2 Å². The van der Waals surface area contributed by atoms with Crippen molar-refractivity contribution in [3.05, 3.63) is 12.7 Å². The molecule has 1 aliphatic rings. The van der Waals surface area contributed by atoms with Crippen LogP contribution in [0.25, 0.3) is 0 Å². The van der Waals surface area contributed by atoms with Gasteiger partial charge in [-0.15, -0.1) is 0 Å². The molecule has 0 aromatic carbocycles. The maximum Gasteiger partial charge on any atom is 0.315 e. The van der Waals surface area contributed by atoms with E-state index in [-0.39, 0.29) is 18.5 Å². The van der Waals surface area contributed by atoms with Gasteiger partial charge in [0.1, 0.15) is 6.61 Å². The number of oxime groups is 1. The first-order valence-electron chi connectivity index (χ1n) is 4.78. The highest BCUT2D eigenvalue weighted by Gasteiger charge is 2.28. The van der Waals surface area contributed by atoms with Crippen molar-refractivity contribution in [2.75, 3.05) is 6.61 Å². The number of carbonyl (C=O) groups is 1. The Bertz CT molecular complexity index is 248. The molecule has 0 unspecified atom stereocenters. The van der Waals surface area contributed by atoms with Gasteiger partial charge in [-0.3, -0.25) is 4.79 Å². The van der Waals surface area contributed by atoms with E-state index < -0.39 is 0 Å². The van der Waals surface area contributed by atoms with Crippen molar-refractivity contribution in [1.29, 1.82) is 0 Å². The van der Waals surface area contributed by atoms with Gasteiger partial charge >= 0.3 is 5.97 Å². The first-order chi connectivity index (χ1) is 6.79. The van der Waals surface area contributed by atoms with Gasteiger partial charge in [0.25, 0.3) is 0 Å². The second kappa shape index (κ2) is 5.42. The van der Waals surface area contributed by atoms with Crippen molar-refractivity contribution in [1.82, 2.24) is 0 Å². The SMILES string of the molecule is C=CCOC(=O)[C@H]1CCCC/C1=N\O. The third-order valence-corrected chi connectivity index (χ3v) is 2.33. The van der Waals surface area contributed by atoms with E-state index in [1.165, 1.54) is 6.08 Å². The minimum absolute atomic E-state index is 0.216. The van der Waals surface area contributed by atoms with Gasteiger partial charge in [0, 0.05) is 0 Å². The van der Waals surface area contributed by atoms with Crippen LogP contribution in [-0.2, 0) is 9.53 Å². The Balaban J connectivity index is 2.55. The molecule has 0 aromatic heterocycles. The van der Waals surface area contributed by atoms with E-state index in [1.54, 1.807) is 0 Å². The van der Waals surface area contributed by atoms with Gasteiger partial charge in [-0.1, -0.05) is 24.2 Å². The molecule has 1 saturated carbocycles. The van der Waals surface area contributed by atoms with Crippen molar-refractivity contribution >= 4 is 11.7 Å². The molecule has 0 aliphatic heterocycles. The van der Waals surface area contributed by atoms with Gasteiger partial charge in [0.15, 0.2) is 0 Å². The van der Waals surface area contributed by atoms with Gasteiger partial charge in [0.2, 0.25) is 0 Å². The van der Waals surface area contributed by atoms with Crippen LogP contribution in [0.2, 0.25) is 0 Å². The van der Waals surface area contributed by atoms with Gasteiger partial charge in [-0.05, 0) is 19.3 Å². The smallest absolute Gasteiger partial charge is 0.315 e. The zero-order chi connectivity index (χ0) is 10.4. The summed E-state index contributed by atoms with van der Waals surface area (Å²) in [7, 11) is 0. The Morgan fingerprint density at radius 3 is 3.14 bits per heavy atom. The molecule has 1 rings (SSSR count). The fraction of sp³-hybridized carbons (Fsp3) is 0.600. The van der Waals surface area contributed by atoms with Crippen molar-refractivity contribution in [2.45, 2.75) is 25.7 Å². The van der Waals surface area contributed by atoms with Crippen LogP contribution in [0, 0.1) is 5.92 Å². The lowest BCUT2D eigenvalue weighted by molar-refractivity contribution is -0.145. The summed E-state index contributed by atoms with van der Waals surface area (Å²) >= 11 is 0. The van der Waals surface area contributed by atoms with Gasteiger partial charge in [-0.25, -0.2) is 0 Å². The molecule has 1 N–H and O–H groups in total. The van der Waals surface area contributed by atoms with Crippen molar-refractivity contribution in [3.63, 3.8) is 0 Å². The molecule has 0 aromatic rings. The van der Waals surface area contributed by atoms with Crippen molar-refractivity contribution in [2.24, 2.45) is 11.1 Å². The molecule has 4 nitrogen and oxygen atoms in total. The fourth-order valence-electron chi connectivity index (χ4n) is 1.61. The lowest BCUT2D eigenvalue weighted by atomic mass is 9.87. The lowest BCUT2D eigenvalue weighted by Crippen LogP contribution is -2.29. The topological polar surface area (TPSA) is 58.9 Å². The second-order valence-corrected chi connectivity index (χ2v) is 3.31. The van der Waals surface area contributed by atoms with Gasteiger partial charge in [-0.2, -0.15) is 0 Å². The predicted molar refractivity (Wildman–Crippen MR) is 52.3 cm³/mol. The summed E-state index contributed by atoms with van der Waals surface area (Å²) in [6.07, 6.45) is 4.88. The number of rotatable bonds is 3. The highest BCUT2D eigenvalue weighted by atomic mass is 16.5. The lowest BCUT2D eigenvalue weighted by Gasteiger charge is -2.20. The Morgan fingerprint density at radius 2 is 2.50 bits per heavy atom. The van der Waals surface area contributed by atoms with Gasteiger partial charge in [0.05, 0.1) is 11.6 Å². The Hall–Kier alpha value is -1.32. The first kappa shape index (κ1) is 10.8. The van der Waals surface area contributed by atoms with Crippen LogP contribution in [0.15, 0.2) is 17.8 Å². The minimum Gasteiger partial charge on any atom is -0.461 e. The summed E-state index contributed by atoms with van der Waals surface area (Å²) in [5.74, 6) is -0.661. The highest BCUT2D eigenvalue weighted by Crippen LogP contribution is 2.22. The number of ether oxygens (including phenoxy) is 1. The van der Waals surface area contributed by atoms with Crippen LogP contribution in [-0.4, -0.2) is 23.5 Å². The van der Waals surface area contributed by atoms with Crippen LogP contribution in [0.4, 0.5) is 0 Å². The number of hydrogen-bond acceptors (Lipinski definition) is 4. The van der Waals surface area contributed by atoms with Crippen molar-refractivity contribution < 1.29 is 14.7 Å². The maximum atomic E-state index is 11.5. The number of hydrogen-bond donors (Lipinski definition) is 1. The molecule has 1 atom stereocenters. The molecule has 0 spiro atoms. The molecule has 4 heteroatoms. The average Bonchev–Trinajstić information content (AvgIpc) is 2.25. The molecular formula is C10H15NO3. The van der Waals surface area contributed by atoms with E-state index >= 15 is 0 Å². The van der Waals surface area contributed by atoms with Crippen molar-refractivity contribution in [3.8, 4) is 0 Å². The minimum atomic E-state index is -0.353. The second-order valence-electron chi connectivity index (χ2n) is 3.31. The molecule has 78 valence electrons. The molecular weight excluding hydrogens is 182 g/mol. The summed E-state index contributed by atoms with van der Waals surface area (Å²) < 4.78 is 4.91. The molecule has 1 aliphatic carbocycles. The van der Waals surface area contributed by atoms with E-state index in [9.17, 15) is 4.79 Å². The van der Waals surface area contributed by atoms with E-state index in [4.69, 9.17) is 9.94 Å². The zero-order valence-electron chi connectivity index (χ0n) is 8.11. The number of carbonyl (C=O) groups excluding carboxylic acids is 1. The Morgan fingerprint density at radius 1 is 1.71 bits per heavy atom. The molecule has 14 heavy (non-hydrogen) atoms. The van der Waals surface area contributed by atoms with E-state index in [1.807, 2.05) is 0 Å². The Kier molecular flexibility index (Phi) is 4.16. The fourth-order valence-corrected chi connectivity index (χ4v) is 1.61. The molecule has 0 heterocycles. The average molecular weight is 197 g/mol. The van der Waals surface area contributed by atoms with Crippen LogP contribution in [0.3, 0.4) is 0 Å². The summed E-state index contributed by atoms with van der Waals surface area (Å²) in [6, 6.07) is 0. The van der Waals surface area contributed by atoms with Crippen LogP contribution >= 0.6 is 0 Å². The van der Waals surface area contributed by atoms with E-state index in [0.29, 0.717) is 12.1 Å². The first-order valence-corrected chi connectivity index (χ1v) is 4.78. The molecule has 0 radical (unpaired) electrons. The van der Waals surface area contributed by atoms with Crippen LogP contribution in [0.5, 0.6) is 0 Å². The highest BCUT2D eigenvalue weighted by molar-refractivity contribution is 6.02. The van der Waals surface area contributed by atoms with E-state index in [2.05, 4.69) is 11.7 Å². The number of esters is 1. The maximum absolute atomic E-state index is 11.5. The standard InChI is InChI=1S/C10H15NO3/c1-2-7-14-10(12)8-5-3-4-6-9(8)11-13/h2,8,13H,1,3-7H2/b11-9+/t8-/m0/s1. The summed E-state index contributed by atoms with van der Waals surface area (Å²) in [4.78, 5) is 11.5. The van der Waals surface area contributed by atoms with E-state index in [0.717, 1.165) is 19.3 Å². The summed E-state index contributed by atoms with van der Waals surface area (Å²) in [6.45, 7) is 3.68. The molecule has 0 saturated heterocycles. The molecule has 0 amide bonds. The molecule has 0 bridgehead atoms. The monoisotopic (exact) mass is 197 g/mol. The molecule has 1 fully saturated rings. The largest absolute Gasteiger partial charge is 0.461 e. The normalized spacial score (nSPS) is 24.6. The third kappa shape index (κ3) is 2.58. The number of nitrogens with zero attached hydrogens (tertiary/aromatic N) is 1. The van der Waals surface area contributed by atoms with Crippen LogP contribution in [0.1, 0.15) is 25.7 Å². The summed E-state index contributed by atoms with van der Waals surface area (Å²) in [5.41, 5.74) is 0.547. The quantitative estimate of drug-likeness (QED) is 0.324. The zero-order valence-corrected chi connectivity index (χ0v) is 8.11. The summed E-state index contributed by atoms with van der Waals surface area (Å²) in [5, 5.41) is 11.8. The van der Waals surface area contributed by atoms with Gasteiger partial charge < -0.3 is 9.94 Å².